The fourth-order valence-corrected chi connectivity index (χ4v) is 3.10. The van der Waals surface area contributed by atoms with Gasteiger partial charge in [0.2, 0.25) is 5.91 Å². The number of nitrogens with two attached hydrogens (primary N) is 1. The topological polar surface area (TPSA) is 97.2 Å². The van der Waals surface area contributed by atoms with Crippen molar-refractivity contribution in [1.29, 1.82) is 0 Å². The normalized spacial score (nSPS) is 13.1. The molecule has 0 aliphatic heterocycles. The van der Waals surface area contributed by atoms with Gasteiger partial charge in [-0.2, -0.15) is 0 Å². The van der Waals surface area contributed by atoms with Crippen LogP contribution in [0.15, 0.2) is 60.8 Å². The number of carbonyl (C=O) groups excluding carboxylic acids is 2. The van der Waals surface area contributed by atoms with Gasteiger partial charge in [-0.15, -0.1) is 0 Å². The molecule has 0 bridgehead atoms. The van der Waals surface area contributed by atoms with Crippen LogP contribution in [0.3, 0.4) is 0 Å². The van der Waals surface area contributed by atoms with Crippen LogP contribution in [0.2, 0.25) is 0 Å². The molecule has 0 spiro atoms. The highest BCUT2D eigenvalue weighted by Crippen LogP contribution is 2.19. The minimum absolute atomic E-state index is 0.320. The lowest BCUT2D eigenvalue weighted by molar-refractivity contribution is -0.145. The number of methoxy groups -OCH3 is 1. The third-order valence-corrected chi connectivity index (χ3v) is 4.54. The Bertz CT molecular complexity index is 921. The van der Waals surface area contributed by atoms with Gasteiger partial charge in [0.1, 0.15) is 6.04 Å². The first-order valence-corrected chi connectivity index (χ1v) is 8.81. The summed E-state index contributed by atoms with van der Waals surface area (Å²) in [7, 11) is 1.31. The van der Waals surface area contributed by atoms with Crippen LogP contribution in [-0.4, -0.2) is 36.1 Å². The van der Waals surface area contributed by atoms with Crippen LogP contribution < -0.4 is 11.1 Å². The van der Waals surface area contributed by atoms with Crippen LogP contribution in [0.5, 0.6) is 0 Å². The predicted octanol–water partition coefficient (Wildman–Crippen LogP) is 1.94. The van der Waals surface area contributed by atoms with E-state index in [9.17, 15) is 9.59 Å². The second-order valence-electron chi connectivity index (χ2n) is 6.44. The van der Waals surface area contributed by atoms with E-state index in [1.165, 1.54) is 7.11 Å². The van der Waals surface area contributed by atoms with E-state index in [0.717, 1.165) is 22.0 Å². The monoisotopic (exact) mass is 365 g/mol. The summed E-state index contributed by atoms with van der Waals surface area (Å²) in [6.45, 7) is 0. The predicted molar refractivity (Wildman–Crippen MR) is 104 cm³/mol. The molecular formula is C21H23N3O3. The first-order valence-electron chi connectivity index (χ1n) is 8.81. The highest BCUT2D eigenvalue weighted by atomic mass is 16.5. The lowest BCUT2D eigenvalue weighted by atomic mass is 10.0. The van der Waals surface area contributed by atoms with E-state index >= 15 is 0 Å². The zero-order valence-corrected chi connectivity index (χ0v) is 15.1. The van der Waals surface area contributed by atoms with Gasteiger partial charge in [0, 0.05) is 23.5 Å². The van der Waals surface area contributed by atoms with E-state index in [2.05, 4.69) is 10.3 Å². The van der Waals surface area contributed by atoms with Gasteiger partial charge in [0.05, 0.1) is 13.2 Å². The van der Waals surface area contributed by atoms with Gasteiger partial charge < -0.3 is 20.8 Å². The number of esters is 1. The van der Waals surface area contributed by atoms with Crippen LogP contribution in [0, 0.1) is 0 Å². The lowest BCUT2D eigenvalue weighted by Gasteiger charge is -2.19. The molecular weight excluding hydrogens is 342 g/mol. The Kier molecular flexibility index (Phi) is 5.88. The fraction of sp³-hybridized carbons (Fsp3) is 0.238. The van der Waals surface area contributed by atoms with Crippen molar-refractivity contribution in [3.8, 4) is 0 Å². The second-order valence-corrected chi connectivity index (χ2v) is 6.44. The number of para-hydroxylation sites is 1. The van der Waals surface area contributed by atoms with E-state index in [1.54, 1.807) is 0 Å². The summed E-state index contributed by atoms with van der Waals surface area (Å²) < 4.78 is 4.87. The number of carbonyl (C=O) groups is 2. The molecule has 4 N–H and O–H groups in total. The molecule has 0 saturated carbocycles. The van der Waals surface area contributed by atoms with Gasteiger partial charge in [0.25, 0.3) is 0 Å². The number of nitrogens with one attached hydrogen (secondary N) is 2. The maximum absolute atomic E-state index is 12.5. The van der Waals surface area contributed by atoms with Crippen LogP contribution in [0.25, 0.3) is 10.9 Å². The number of ether oxygens (including phenoxy) is 1. The highest BCUT2D eigenvalue weighted by molar-refractivity contribution is 5.89. The molecule has 1 heterocycles. The van der Waals surface area contributed by atoms with Crippen LogP contribution in [0.4, 0.5) is 0 Å². The van der Waals surface area contributed by atoms with Gasteiger partial charge in [-0.25, -0.2) is 4.79 Å². The molecule has 1 amide bonds. The smallest absolute Gasteiger partial charge is 0.328 e. The van der Waals surface area contributed by atoms with E-state index in [4.69, 9.17) is 10.5 Å². The van der Waals surface area contributed by atoms with Crippen molar-refractivity contribution in [2.45, 2.75) is 24.9 Å². The molecule has 2 unspecified atom stereocenters. The number of hydrogen-bond acceptors (Lipinski definition) is 4. The Morgan fingerprint density at radius 1 is 1.07 bits per heavy atom. The Hall–Kier alpha value is -3.12. The SMILES string of the molecule is COC(=O)C(Cc1c[nH]c2ccccc12)NC(=O)C(N)Cc1ccccc1. The van der Waals surface area contributed by atoms with Gasteiger partial charge in [0.15, 0.2) is 0 Å². The Balaban J connectivity index is 1.71. The first kappa shape index (κ1) is 18.7. The van der Waals surface area contributed by atoms with Crippen molar-refractivity contribution in [2.75, 3.05) is 7.11 Å². The molecule has 2 aromatic carbocycles. The standard InChI is InChI=1S/C21H23N3O3/c1-27-21(26)19(12-15-13-23-18-10-6-5-9-16(15)18)24-20(25)17(22)11-14-7-3-2-4-8-14/h2-10,13,17,19,23H,11-12,22H2,1H3,(H,24,25). The van der Waals surface area contributed by atoms with Crippen molar-refractivity contribution < 1.29 is 14.3 Å². The van der Waals surface area contributed by atoms with Gasteiger partial charge in [-0.1, -0.05) is 48.5 Å². The molecule has 6 heteroatoms. The number of H-pyrrole nitrogens is 1. The lowest BCUT2D eigenvalue weighted by Crippen LogP contribution is -2.50. The molecule has 2 atom stereocenters. The minimum atomic E-state index is -0.802. The molecule has 0 aliphatic carbocycles. The highest BCUT2D eigenvalue weighted by Gasteiger charge is 2.25. The summed E-state index contributed by atoms with van der Waals surface area (Å²) in [5.41, 5.74) is 8.90. The summed E-state index contributed by atoms with van der Waals surface area (Å²) >= 11 is 0. The van der Waals surface area contributed by atoms with E-state index in [0.29, 0.717) is 12.8 Å². The van der Waals surface area contributed by atoms with Crippen molar-refractivity contribution in [2.24, 2.45) is 5.73 Å². The Labute approximate surface area is 157 Å². The molecule has 0 radical (unpaired) electrons. The summed E-state index contributed by atoms with van der Waals surface area (Å²) in [5, 5.41) is 3.75. The van der Waals surface area contributed by atoms with Crippen LogP contribution >= 0.6 is 0 Å². The quantitative estimate of drug-likeness (QED) is 0.558. The zero-order chi connectivity index (χ0) is 19.2. The number of benzene rings is 2. The summed E-state index contributed by atoms with van der Waals surface area (Å²) in [6, 6.07) is 15.8. The van der Waals surface area contributed by atoms with Gasteiger partial charge in [-0.3, -0.25) is 4.79 Å². The van der Waals surface area contributed by atoms with Crippen molar-refractivity contribution in [3.05, 3.63) is 71.9 Å². The molecule has 140 valence electrons. The number of hydrogen-bond donors (Lipinski definition) is 3. The molecule has 27 heavy (non-hydrogen) atoms. The second kappa shape index (κ2) is 8.51. The Morgan fingerprint density at radius 3 is 2.52 bits per heavy atom. The number of amides is 1. The van der Waals surface area contributed by atoms with Crippen molar-refractivity contribution in [3.63, 3.8) is 0 Å². The molecule has 0 saturated heterocycles. The van der Waals surface area contributed by atoms with E-state index in [1.807, 2.05) is 60.8 Å². The van der Waals surface area contributed by atoms with E-state index < -0.39 is 18.1 Å². The molecule has 3 rings (SSSR count). The summed E-state index contributed by atoms with van der Waals surface area (Å²) in [6.07, 6.45) is 2.56. The van der Waals surface area contributed by atoms with Crippen molar-refractivity contribution in [1.82, 2.24) is 10.3 Å². The molecule has 0 aliphatic rings. The fourth-order valence-electron chi connectivity index (χ4n) is 3.10. The average Bonchev–Trinajstić information content (AvgIpc) is 3.10. The first-order chi connectivity index (χ1) is 13.1. The Morgan fingerprint density at radius 2 is 1.78 bits per heavy atom. The number of fused-ring (bicyclic) bond motifs is 1. The largest absolute Gasteiger partial charge is 0.467 e. The molecule has 1 aromatic heterocycles. The molecule has 6 nitrogen and oxygen atoms in total. The number of rotatable bonds is 7. The third kappa shape index (κ3) is 4.54. The van der Waals surface area contributed by atoms with Crippen LogP contribution in [-0.2, 0) is 27.2 Å². The maximum atomic E-state index is 12.5. The number of aromatic nitrogens is 1. The van der Waals surface area contributed by atoms with Gasteiger partial charge in [-0.05, 0) is 23.6 Å². The molecule has 0 fully saturated rings. The molecule has 3 aromatic rings. The van der Waals surface area contributed by atoms with E-state index in [-0.39, 0.29) is 5.91 Å². The zero-order valence-electron chi connectivity index (χ0n) is 15.1. The van der Waals surface area contributed by atoms with Crippen molar-refractivity contribution >= 4 is 22.8 Å². The summed E-state index contributed by atoms with van der Waals surface area (Å²) in [5.74, 6) is -0.880. The van der Waals surface area contributed by atoms with Gasteiger partial charge >= 0.3 is 5.97 Å². The van der Waals surface area contributed by atoms with Crippen LogP contribution in [0.1, 0.15) is 11.1 Å². The minimum Gasteiger partial charge on any atom is -0.467 e. The third-order valence-electron chi connectivity index (χ3n) is 4.54. The number of aromatic amines is 1. The average molecular weight is 365 g/mol. The maximum Gasteiger partial charge on any atom is 0.328 e. The summed E-state index contributed by atoms with van der Waals surface area (Å²) in [4.78, 5) is 27.9.